The van der Waals surface area contributed by atoms with Crippen molar-refractivity contribution in [1.82, 2.24) is 20.2 Å². The Labute approximate surface area is 105 Å². The van der Waals surface area contributed by atoms with E-state index in [1.165, 1.54) is 6.92 Å². The van der Waals surface area contributed by atoms with Gasteiger partial charge in [0.05, 0.1) is 6.33 Å². The molecule has 1 atom stereocenters. The van der Waals surface area contributed by atoms with Crippen LogP contribution in [0.25, 0.3) is 0 Å². The molecule has 1 unspecified atom stereocenters. The van der Waals surface area contributed by atoms with E-state index in [0.29, 0.717) is 19.5 Å². The Morgan fingerprint density at radius 1 is 1.50 bits per heavy atom. The molecule has 0 saturated carbocycles. The van der Waals surface area contributed by atoms with Gasteiger partial charge in [0, 0.05) is 25.5 Å². The molecule has 100 valence electrons. The van der Waals surface area contributed by atoms with Crippen molar-refractivity contribution in [3.8, 4) is 0 Å². The highest BCUT2D eigenvalue weighted by Crippen LogP contribution is 2.08. The topological polar surface area (TPSA) is 96.3 Å². The molecular weight excluding hydrogens is 236 g/mol. The maximum absolute atomic E-state index is 11.5. The molecule has 1 aromatic rings. The zero-order valence-corrected chi connectivity index (χ0v) is 10.5. The van der Waals surface area contributed by atoms with E-state index >= 15 is 0 Å². The van der Waals surface area contributed by atoms with Crippen molar-refractivity contribution in [3.63, 3.8) is 0 Å². The van der Waals surface area contributed by atoms with Crippen molar-refractivity contribution in [1.29, 1.82) is 0 Å². The average molecular weight is 254 g/mol. The number of carboxylic acids is 1. The number of aliphatic carboxylic acids is 1. The van der Waals surface area contributed by atoms with Gasteiger partial charge in [-0.2, -0.15) is 0 Å². The number of rotatable bonds is 6. The molecule has 0 bridgehead atoms. The van der Waals surface area contributed by atoms with Crippen molar-refractivity contribution < 1.29 is 14.7 Å². The molecule has 0 fully saturated rings. The molecular formula is C11H18N4O3. The number of nitrogens with one attached hydrogen (secondary N) is 2. The number of aromatic nitrogens is 2. The highest BCUT2D eigenvalue weighted by molar-refractivity contribution is 5.85. The lowest BCUT2D eigenvalue weighted by atomic mass is 10.00. The van der Waals surface area contributed by atoms with Gasteiger partial charge in [-0.1, -0.05) is 6.92 Å². The lowest BCUT2D eigenvalue weighted by molar-refractivity contribution is -0.143. The van der Waals surface area contributed by atoms with Gasteiger partial charge in [-0.05, 0) is 13.3 Å². The number of hydrogen-bond acceptors (Lipinski definition) is 3. The third-order valence-electron chi connectivity index (χ3n) is 2.78. The summed E-state index contributed by atoms with van der Waals surface area (Å²) < 4.78 is 1.82. The van der Waals surface area contributed by atoms with Crippen LogP contribution in [0.3, 0.4) is 0 Å². The minimum Gasteiger partial charge on any atom is -0.480 e. The predicted molar refractivity (Wildman–Crippen MR) is 65.1 cm³/mol. The molecule has 3 N–H and O–H groups in total. The molecule has 7 heteroatoms. The minimum absolute atomic E-state index is 0.317. The van der Waals surface area contributed by atoms with Gasteiger partial charge >= 0.3 is 12.0 Å². The van der Waals surface area contributed by atoms with Crippen LogP contribution in [0, 0.1) is 0 Å². The predicted octanol–water partition coefficient (Wildman–Crippen LogP) is 0.436. The van der Waals surface area contributed by atoms with E-state index in [0.717, 1.165) is 0 Å². The normalized spacial score (nSPS) is 13.7. The van der Waals surface area contributed by atoms with Crippen molar-refractivity contribution in [3.05, 3.63) is 18.7 Å². The zero-order chi connectivity index (χ0) is 13.6. The summed E-state index contributed by atoms with van der Waals surface area (Å²) in [4.78, 5) is 26.4. The van der Waals surface area contributed by atoms with E-state index in [-0.39, 0.29) is 0 Å². The van der Waals surface area contributed by atoms with Crippen LogP contribution in [0.1, 0.15) is 20.3 Å². The number of carbonyl (C=O) groups is 2. The highest BCUT2D eigenvalue weighted by Gasteiger charge is 2.32. The molecule has 18 heavy (non-hydrogen) atoms. The van der Waals surface area contributed by atoms with Gasteiger partial charge in [-0.25, -0.2) is 14.6 Å². The van der Waals surface area contributed by atoms with E-state index in [1.807, 2.05) is 4.57 Å². The number of amides is 2. The Bertz CT molecular complexity index is 404. The van der Waals surface area contributed by atoms with Crippen molar-refractivity contribution in [2.75, 3.05) is 6.54 Å². The summed E-state index contributed by atoms with van der Waals surface area (Å²) >= 11 is 0. The van der Waals surface area contributed by atoms with Gasteiger partial charge in [0.15, 0.2) is 0 Å². The van der Waals surface area contributed by atoms with Crippen LogP contribution in [-0.2, 0) is 11.3 Å². The molecule has 0 aromatic carbocycles. The van der Waals surface area contributed by atoms with Gasteiger partial charge in [-0.3, -0.25) is 0 Å². The SMILES string of the molecule is CCC(C)(NC(=O)NCCn1ccnc1)C(=O)O. The summed E-state index contributed by atoms with van der Waals surface area (Å²) in [5.74, 6) is -1.05. The standard InChI is InChI=1S/C11H18N4O3/c1-3-11(2,9(16)17)14-10(18)13-5-7-15-6-4-12-8-15/h4,6,8H,3,5,7H2,1-2H3,(H,16,17)(H2,13,14,18). The number of carbonyl (C=O) groups excluding carboxylic acids is 1. The lowest BCUT2D eigenvalue weighted by Crippen LogP contribution is -2.55. The van der Waals surface area contributed by atoms with Crippen LogP contribution in [-0.4, -0.2) is 38.7 Å². The van der Waals surface area contributed by atoms with Crippen LogP contribution in [0.5, 0.6) is 0 Å². The summed E-state index contributed by atoms with van der Waals surface area (Å²) in [6.45, 7) is 4.18. The van der Waals surface area contributed by atoms with E-state index < -0.39 is 17.5 Å². The molecule has 2 amide bonds. The summed E-state index contributed by atoms with van der Waals surface area (Å²) in [6.07, 6.45) is 5.40. The second-order valence-corrected chi connectivity index (χ2v) is 4.17. The number of imidazole rings is 1. The van der Waals surface area contributed by atoms with Crippen LogP contribution in [0.4, 0.5) is 4.79 Å². The van der Waals surface area contributed by atoms with Crippen LogP contribution < -0.4 is 10.6 Å². The highest BCUT2D eigenvalue weighted by atomic mass is 16.4. The maximum atomic E-state index is 11.5. The van der Waals surface area contributed by atoms with Crippen molar-refractivity contribution in [2.45, 2.75) is 32.4 Å². The molecule has 1 rings (SSSR count). The molecule has 0 radical (unpaired) electrons. The van der Waals surface area contributed by atoms with Gasteiger partial charge in [-0.15, -0.1) is 0 Å². The first kappa shape index (κ1) is 14.0. The smallest absolute Gasteiger partial charge is 0.329 e. The monoisotopic (exact) mass is 254 g/mol. The Balaban J connectivity index is 2.35. The summed E-state index contributed by atoms with van der Waals surface area (Å²) in [5.41, 5.74) is -1.24. The molecule has 0 aliphatic heterocycles. The molecule has 0 aliphatic rings. The quantitative estimate of drug-likeness (QED) is 0.686. The van der Waals surface area contributed by atoms with Crippen LogP contribution in [0.15, 0.2) is 18.7 Å². The summed E-state index contributed by atoms with van der Waals surface area (Å²) in [7, 11) is 0. The third-order valence-corrected chi connectivity index (χ3v) is 2.78. The largest absolute Gasteiger partial charge is 0.480 e. The van der Waals surface area contributed by atoms with Gasteiger partial charge in [0.25, 0.3) is 0 Å². The molecule has 1 aromatic heterocycles. The van der Waals surface area contributed by atoms with E-state index in [9.17, 15) is 9.59 Å². The van der Waals surface area contributed by atoms with Crippen molar-refractivity contribution >= 4 is 12.0 Å². The fourth-order valence-electron chi connectivity index (χ4n) is 1.31. The number of urea groups is 1. The first-order chi connectivity index (χ1) is 8.48. The molecule has 0 saturated heterocycles. The minimum atomic E-state index is -1.24. The maximum Gasteiger partial charge on any atom is 0.329 e. The molecule has 1 heterocycles. The second-order valence-electron chi connectivity index (χ2n) is 4.17. The van der Waals surface area contributed by atoms with E-state index in [4.69, 9.17) is 5.11 Å². The fourth-order valence-corrected chi connectivity index (χ4v) is 1.31. The van der Waals surface area contributed by atoms with Gasteiger partial charge in [0.2, 0.25) is 0 Å². The lowest BCUT2D eigenvalue weighted by Gasteiger charge is -2.24. The van der Waals surface area contributed by atoms with E-state index in [1.54, 1.807) is 25.6 Å². The first-order valence-corrected chi connectivity index (χ1v) is 5.73. The molecule has 7 nitrogen and oxygen atoms in total. The molecule has 0 aliphatic carbocycles. The van der Waals surface area contributed by atoms with Gasteiger partial charge in [0.1, 0.15) is 5.54 Å². The summed E-state index contributed by atoms with van der Waals surface area (Å²) in [5, 5.41) is 14.1. The van der Waals surface area contributed by atoms with E-state index in [2.05, 4.69) is 15.6 Å². The number of carboxylic acid groups (broad SMARTS) is 1. The first-order valence-electron chi connectivity index (χ1n) is 5.73. The zero-order valence-electron chi connectivity index (χ0n) is 10.5. The second kappa shape index (κ2) is 6.04. The fraction of sp³-hybridized carbons (Fsp3) is 0.545. The Morgan fingerprint density at radius 2 is 2.22 bits per heavy atom. The average Bonchev–Trinajstić information content (AvgIpc) is 2.81. The third kappa shape index (κ3) is 3.76. The number of hydrogen-bond donors (Lipinski definition) is 3. The van der Waals surface area contributed by atoms with Crippen molar-refractivity contribution in [2.24, 2.45) is 0 Å². The Kier molecular flexibility index (Phi) is 4.70. The summed E-state index contributed by atoms with van der Waals surface area (Å²) in [6, 6.07) is -0.484. The Morgan fingerprint density at radius 3 is 2.72 bits per heavy atom. The van der Waals surface area contributed by atoms with Gasteiger partial charge < -0.3 is 20.3 Å². The number of nitrogens with zero attached hydrogens (tertiary/aromatic N) is 2. The molecule has 0 spiro atoms. The Hall–Kier alpha value is -2.05. The van der Waals surface area contributed by atoms with Crippen LogP contribution >= 0.6 is 0 Å². The van der Waals surface area contributed by atoms with Crippen LogP contribution in [0.2, 0.25) is 0 Å².